The quantitative estimate of drug-likeness (QED) is 0.285. The number of benzene rings is 3. The SMILES string of the molecule is COC(C)C(NC(=O)[C@H](CC(=O)OCc1ccccc1)NC(=O)OCC1c2ccccc2-c2ccccc21)C(=O)O. The van der Waals surface area contributed by atoms with E-state index in [0.717, 1.165) is 27.8 Å². The van der Waals surface area contributed by atoms with Crippen molar-refractivity contribution in [2.75, 3.05) is 13.7 Å². The topological polar surface area (TPSA) is 140 Å². The van der Waals surface area contributed by atoms with Gasteiger partial charge in [-0.05, 0) is 34.7 Å². The van der Waals surface area contributed by atoms with Crippen LogP contribution in [0.1, 0.15) is 36.0 Å². The third-order valence-corrected chi connectivity index (χ3v) is 6.97. The molecule has 1 aliphatic rings. The van der Waals surface area contributed by atoms with E-state index in [9.17, 15) is 24.3 Å². The summed E-state index contributed by atoms with van der Waals surface area (Å²) in [5.41, 5.74) is 4.88. The molecule has 3 atom stereocenters. The molecule has 0 spiro atoms. The number of carboxylic acids is 1. The summed E-state index contributed by atoms with van der Waals surface area (Å²) in [7, 11) is 1.31. The van der Waals surface area contributed by atoms with Gasteiger partial charge in [0, 0.05) is 13.0 Å². The maximum atomic E-state index is 13.1. The number of hydrogen-bond donors (Lipinski definition) is 3. The van der Waals surface area contributed by atoms with E-state index in [1.54, 1.807) is 24.3 Å². The summed E-state index contributed by atoms with van der Waals surface area (Å²) in [4.78, 5) is 50.3. The summed E-state index contributed by atoms with van der Waals surface area (Å²) in [5.74, 6) is -3.21. The summed E-state index contributed by atoms with van der Waals surface area (Å²) in [6.07, 6.45) is -2.36. The molecule has 3 N–H and O–H groups in total. The van der Waals surface area contributed by atoms with Crippen LogP contribution in [0.5, 0.6) is 0 Å². The molecule has 1 aliphatic carbocycles. The van der Waals surface area contributed by atoms with Gasteiger partial charge in [0.05, 0.1) is 12.5 Å². The molecule has 214 valence electrons. The maximum Gasteiger partial charge on any atom is 0.407 e. The van der Waals surface area contributed by atoms with Gasteiger partial charge < -0.3 is 30.0 Å². The van der Waals surface area contributed by atoms with E-state index in [1.807, 2.05) is 54.6 Å². The molecule has 2 unspecified atom stereocenters. The molecule has 3 aromatic rings. The number of rotatable bonds is 12. The van der Waals surface area contributed by atoms with Crippen molar-refractivity contribution in [3.05, 3.63) is 95.6 Å². The third kappa shape index (κ3) is 7.29. The predicted molar refractivity (Wildman–Crippen MR) is 149 cm³/mol. The lowest BCUT2D eigenvalue weighted by Gasteiger charge is -2.24. The number of methoxy groups -OCH3 is 1. The molecule has 41 heavy (non-hydrogen) atoms. The van der Waals surface area contributed by atoms with Crippen molar-refractivity contribution in [3.63, 3.8) is 0 Å². The smallest absolute Gasteiger partial charge is 0.407 e. The Balaban J connectivity index is 1.44. The zero-order chi connectivity index (χ0) is 29.4. The molecule has 0 aromatic heterocycles. The molecule has 10 nitrogen and oxygen atoms in total. The van der Waals surface area contributed by atoms with Gasteiger partial charge in [-0.3, -0.25) is 9.59 Å². The van der Waals surface area contributed by atoms with Crippen LogP contribution in [0, 0.1) is 0 Å². The van der Waals surface area contributed by atoms with Gasteiger partial charge >= 0.3 is 18.0 Å². The van der Waals surface area contributed by atoms with Crippen molar-refractivity contribution < 1.29 is 38.5 Å². The average Bonchev–Trinajstić information content (AvgIpc) is 3.30. The van der Waals surface area contributed by atoms with Gasteiger partial charge in [0.1, 0.15) is 19.3 Å². The van der Waals surface area contributed by atoms with Gasteiger partial charge in [0.25, 0.3) is 0 Å². The summed E-state index contributed by atoms with van der Waals surface area (Å²) >= 11 is 0. The van der Waals surface area contributed by atoms with Crippen LogP contribution in [0.25, 0.3) is 11.1 Å². The zero-order valence-corrected chi connectivity index (χ0v) is 22.7. The summed E-state index contributed by atoms with van der Waals surface area (Å²) in [6, 6.07) is 21.8. The number of esters is 1. The van der Waals surface area contributed by atoms with E-state index >= 15 is 0 Å². The van der Waals surface area contributed by atoms with E-state index in [4.69, 9.17) is 14.2 Å². The van der Waals surface area contributed by atoms with Crippen molar-refractivity contribution in [2.24, 2.45) is 0 Å². The second-order valence-corrected chi connectivity index (χ2v) is 9.64. The highest BCUT2D eigenvalue weighted by atomic mass is 16.6. The van der Waals surface area contributed by atoms with Gasteiger partial charge in [-0.25, -0.2) is 9.59 Å². The van der Waals surface area contributed by atoms with Crippen LogP contribution in [0.4, 0.5) is 4.79 Å². The molecule has 0 fully saturated rings. The molecule has 10 heteroatoms. The first-order valence-corrected chi connectivity index (χ1v) is 13.2. The Kier molecular flexibility index (Phi) is 9.70. The number of hydrogen-bond acceptors (Lipinski definition) is 7. The Morgan fingerprint density at radius 2 is 1.41 bits per heavy atom. The molecular formula is C31H32N2O8. The van der Waals surface area contributed by atoms with E-state index < -0.39 is 48.5 Å². The number of carbonyl (C=O) groups excluding carboxylic acids is 3. The highest BCUT2D eigenvalue weighted by Crippen LogP contribution is 2.44. The fourth-order valence-electron chi connectivity index (χ4n) is 4.73. The van der Waals surface area contributed by atoms with Crippen LogP contribution in [0.3, 0.4) is 0 Å². The lowest BCUT2D eigenvalue weighted by molar-refractivity contribution is -0.148. The van der Waals surface area contributed by atoms with Crippen LogP contribution in [-0.4, -0.2) is 60.9 Å². The zero-order valence-electron chi connectivity index (χ0n) is 22.7. The van der Waals surface area contributed by atoms with Crippen LogP contribution in [0.15, 0.2) is 78.9 Å². The fraction of sp³-hybridized carbons (Fsp3) is 0.290. The van der Waals surface area contributed by atoms with Gasteiger partial charge in [-0.2, -0.15) is 0 Å². The standard InChI is InChI=1S/C31H32N2O8/c1-19(39-2)28(30(36)37)33-29(35)26(16-27(34)40-17-20-10-4-3-5-11-20)32-31(38)41-18-25-23-14-8-6-12-21(23)22-13-7-9-15-24(22)25/h3-15,19,25-26,28H,16-18H2,1-2H3,(H,32,38)(H,33,35)(H,36,37)/t19?,26-,28?/m0/s1. The molecule has 2 amide bonds. The minimum absolute atomic E-state index is 0.00882. The largest absolute Gasteiger partial charge is 0.480 e. The number of ether oxygens (including phenoxy) is 3. The highest BCUT2D eigenvalue weighted by molar-refractivity contribution is 5.92. The normalized spacial score (nSPS) is 14.1. The summed E-state index contributed by atoms with van der Waals surface area (Å²) < 4.78 is 15.9. The number of aliphatic carboxylic acids is 1. The minimum Gasteiger partial charge on any atom is -0.480 e. The van der Waals surface area contributed by atoms with E-state index in [-0.39, 0.29) is 19.1 Å². The van der Waals surface area contributed by atoms with Gasteiger partial charge in [-0.15, -0.1) is 0 Å². The van der Waals surface area contributed by atoms with Crippen LogP contribution < -0.4 is 10.6 Å². The Hall–Kier alpha value is -4.70. The van der Waals surface area contributed by atoms with Gasteiger partial charge in [0.2, 0.25) is 5.91 Å². The van der Waals surface area contributed by atoms with Gasteiger partial charge in [0.15, 0.2) is 6.04 Å². The van der Waals surface area contributed by atoms with E-state index in [1.165, 1.54) is 14.0 Å². The van der Waals surface area contributed by atoms with Crippen molar-refractivity contribution in [1.82, 2.24) is 10.6 Å². The Morgan fingerprint density at radius 1 is 0.829 bits per heavy atom. The third-order valence-electron chi connectivity index (χ3n) is 6.97. The number of alkyl carbamates (subject to hydrolysis) is 1. The second kappa shape index (κ2) is 13.6. The first-order chi connectivity index (χ1) is 19.8. The van der Waals surface area contributed by atoms with Crippen LogP contribution in [-0.2, 0) is 35.2 Å². The minimum atomic E-state index is -1.46. The van der Waals surface area contributed by atoms with Crippen LogP contribution >= 0.6 is 0 Å². The van der Waals surface area contributed by atoms with Crippen molar-refractivity contribution >= 4 is 23.9 Å². The number of nitrogens with one attached hydrogen (secondary N) is 2. The Morgan fingerprint density at radius 3 is 2.00 bits per heavy atom. The molecule has 0 aliphatic heterocycles. The second-order valence-electron chi connectivity index (χ2n) is 9.64. The van der Waals surface area contributed by atoms with Crippen LogP contribution in [0.2, 0.25) is 0 Å². The first kappa shape index (κ1) is 29.3. The molecule has 0 saturated carbocycles. The molecule has 0 bridgehead atoms. The fourth-order valence-corrected chi connectivity index (χ4v) is 4.73. The van der Waals surface area contributed by atoms with Crippen molar-refractivity contribution in [2.45, 2.75) is 44.1 Å². The Labute approximate surface area is 237 Å². The lowest BCUT2D eigenvalue weighted by Crippen LogP contribution is -2.55. The Bertz CT molecular complexity index is 1350. The summed E-state index contributed by atoms with van der Waals surface area (Å²) in [6.45, 7) is 1.43. The van der Waals surface area contributed by atoms with Crippen molar-refractivity contribution in [3.8, 4) is 11.1 Å². The molecule has 0 radical (unpaired) electrons. The maximum absolute atomic E-state index is 13.1. The number of amides is 2. The van der Waals surface area contributed by atoms with Gasteiger partial charge in [-0.1, -0.05) is 78.9 Å². The molecule has 3 aromatic carbocycles. The van der Waals surface area contributed by atoms with E-state index in [0.29, 0.717) is 0 Å². The lowest BCUT2D eigenvalue weighted by atomic mass is 9.98. The average molecular weight is 561 g/mol. The number of fused-ring (bicyclic) bond motifs is 3. The number of carboxylic acid groups (broad SMARTS) is 1. The van der Waals surface area contributed by atoms with Crippen molar-refractivity contribution in [1.29, 1.82) is 0 Å². The highest BCUT2D eigenvalue weighted by Gasteiger charge is 2.33. The number of carbonyl (C=O) groups is 4. The molecular weight excluding hydrogens is 528 g/mol. The first-order valence-electron chi connectivity index (χ1n) is 13.2. The molecule has 0 heterocycles. The van der Waals surface area contributed by atoms with E-state index in [2.05, 4.69) is 10.6 Å². The monoisotopic (exact) mass is 560 g/mol. The summed E-state index contributed by atoms with van der Waals surface area (Å²) in [5, 5.41) is 14.3. The molecule has 0 saturated heterocycles. The molecule has 4 rings (SSSR count). The predicted octanol–water partition coefficient (Wildman–Crippen LogP) is 3.63.